The number of benzene rings is 1. The lowest BCUT2D eigenvalue weighted by molar-refractivity contribution is -0.139. The van der Waals surface area contributed by atoms with Gasteiger partial charge in [0, 0.05) is 29.0 Å². The molecule has 0 radical (unpaired) electrons. The van der Waals surface area contributed by atoms with Crippen molar-refractivity contribution >= 4 is 27.8 Å². The van der Waals surface area contributed by atoms with E-state index in [0.717, 1.165) is 29.3 Å². The predicted molar refractivity (Wildman–Crippen MR) is 90.6 cm³/mol. The van der Waals surface area contributed by atoms with Crippen molar-refractivity contribution in [3.63, 3.8) is 0 Å². The summed E-state index contributed by atoms with van der Waals surface area (Å²) in [5, 5.41) is 8.88. The largest absolute Gasteiger partial charge is 0.496 e. The number of amides is 1. The fourth-order valence-electron chi connectivity index (χ4n) is 3.07. The number of piperidine rings is 1. The van der Waals surface area contributed by atoms with E-state index in [1.54, 1.807) is 7.11 Å². The summed E-state index contributed by atoms with van der Waals surface area (Å²) >= 11 is 3.42. The molecule has 1 aromatic carbocycles. The van der Waals surface area contributed by atoms with Gasteiger partial charge < -0.3 is 14.7 Å². The Labute approximate surface area is 144 Å². The fraction of sp³-hybridized carbons (Fsp3) is 0.529. The highest BCUT2D eigenvalue weighted by Crippen LogP contribution is 2.26. The minimum absolute atomic E-state index is 0.0329. The maximum Gasteiger partial charge on any atom is 0.303 e. The third kappa shape index (κ3) is 4.96. The molecule has 1 unspecified atom stereocenters. The molecule has 1 atom stereocenters. The average molecular weight is 384 g/mol. The van der Waals surface area contributed by atoms with Gasteiger partial charge in [0.05, 0.1) is 13.5 Å². The summed E-state index contributed by atoms with van der Waals surface area (Å²) in [6, 6.07) is 5.65. The highest BCUT2D eigenvalue weighted by atomic mass is 79.9. The number of ether oxygens (including phenoxy) is 1. The number of carbonyl (C=O) groups excluding carboxylic acids is 1. The van der Waals surface area contributed by atoms with Crippen LogP contribution >= 0.6 is 15.9 Å². The number of carbonyl (C=O) groups is 2. The van der Waals surface area contributed by atoms with Crippen molar-refractivity contribution in [1.29, 1.82) is 0 Å². The van der Waals surface area contributed by atoms with Gasteiger partial charge in [-0.1, -0.05) is 15.9 Å². The molecule has 2 rings (SSSR count). The van der Waals surface area contributed by atoms with Crippen LogP contribution in [-0.2, 0) is 16.0 Å². The maximum atomic E-state index is 12.7. The van der Waals surface area contributed by atoms with E-state index < -0.39 is 5.97 Å². The molecule has 1 N–H and O–H groups in total. The fourth-order valence-corrected chi connectivity index (χ4v) is 3.48. The number of hydrogen-bond donors (Lipinski definition) is 1. The van der Waals surface area contributed by atoms with Crippen molar-refractivity contribution in [2.24, 2.45) is 0 Å². The number of halogens is 1. The van der Waals surface area contributed by atoms with E-state index in [2.05, 4.69) is 15.9 Å². The van der Waals surface area contributed by atoms with Crippen LogP contribution in [0, 0.1) is 0 Å². The third-order valence-corrected chi connectivity index (χ3v) is 4.72. The molecule has 6 heteroatoms. The highest BCUT2D eigenvalue weighted by molar-refractivity contribution is 9.10. The van der Waals surface area contributed by atoms with Crippen LogP contribution in [-0.4, -0.2) is 41.6 Å². The summed E-state index contributed by atoms with van der Waals surface area (Å²) in [5.74, 6) is -0.0752. The predicted octanol–water partition coefficient (Wildman–Crippen LogP) is 3.25. The molecule has 5 nitrogen and oxygen atoms in total. The zero-order chi connectivity index (χ0) is 16.8. The Hall–Kier alpha value is -1.56. The summed E-state index contributed by atoms with van der Waals surface area (Å²) in [4.78, 5) is 25.4. The number of likely N-dealkylation sites (tertiary alicyclic amines) is 1. The first-order valence-electron chi connectivity index (χ1n) is 7.85. The second-order valence-corrected chi connectivity index (χ2v) is 6.72. The molecule has 0 bridgehead atoms. The van der Waals surface area contributed by atoms with E-state index in [9.17, 15) is 9.59 Å². The van der Waals surface area contributed by atoms with E-state index in [1.807, 2.05) is 23.1 Å². The number of nitrogens with zero attached hydrogens (tertiary/aromatic N) is 1. The van der Waals surface area contributed by atoms with Gasteiger partial charge in [0.25, 0.3) is 0 Å². The number of carboxylic acid groups (broad SMARTS) is 1. The van der Waals surface area contributed by atoms with Gasteiger partial charge in [-0.25, -0.2) is 0 Å². The number of aliphatic carboxylic acids is 1. The number of carboxylic acids is 1. The summed E-state index contributed by atoms with van der Waals surface area (Å²) in [7, 11) is 1.59. The van der Waals surface area contributed by atoms with Crippen molar-refractivity contribution in [2.45, 2.75) is 44.6 Å². The SMILES string of the molecule is COc1ccc(Br)cc1CC(=O)N1CCCCC1CCC(=O)O. The van der Waals surface area contributed by atoms with Crippen molar-refractivity contribution in [2.75, 3.05) is 13.7 Å². The maximum absolute atomic E-state index is 12.7. The van der Waals surface area contributed by atoms with Crippen LogP contribution in [0.1, 0.15) is 37.7 Å². The van der Waals surface area contributed by atoms with Crippen LogP contribution in [0.25, 0.3) is 0 Å². The number of hydrogen-bond acceptors (Lipinski definition) is 3. The first-order valence-corrected chi connectivity index (χ1v) is 8.64. The molecule has 1 fully saturated rings. The van der Waals surface area contributed by atoms with Crippen molar-refractivity contribution in [3.05, 3.63) is 28.2 Å². The Kier molecular flexibility index (Phi) is 6.45. The molecule has 126 valence electrons. The Morgan fingerprint density at radius 2 is 2.17 bits per heavy atom. The van der Waals surface area contributed by atoms with E-state index in [1.165, 1.54) is 0 Å². The van der Waals surface area contributed by atoms with Crippen LogP contribution in [0.5, 0.6) is 5.75 Å². The van der Waals surface area contributed by atoms with Crippen LogP contribution in [0.3, 0.4) is 0 Å². The smallest absolute Gasteiger partial charge is 0.303 e. The zero-order valence-electron chi connectivity index (χ0n) is 13.3. The summed E-state index contributed by atoms with van der Waals surface area (Å²) in [6.07, 6.45) is 3.81. The lowest BCUT2D eigenvalue weighted by Crippen LogP contribution is -2.44. The molecule has 1 aliphatic rings. The molecule has 0 aromatic heterocycles. The molecule has 23 heavy (non-hydrogen) atoms. The van der Waals surface area contributed by atoms with Gasteiger partial charge in [0.1, 0.15) is 5.75 Å². The third-order valence-electron chi connectivity index (χ3n) is 4.22. The first-order chi connectivity index (χ1) is 11.0. The Morgan fingerprint density at radius 1 is 1.39 bits per heavy atom. The zero-order valence-corrected chi connectivity index (χ0v) is 14.8. The van der Waals surface area contributed by atoms with Crippen LogP contribution in [0.2, 0.25) is 0 Å². The molecule has 1 heterocycles. The van der Waals surface area contributed by atoms with E-state index >= 15 is 0 Å². The van der Waals surface area contributed by atoms with Crippen molar-refractivity contribution in [1.82, 2.24) is 4.90 Å². The standard InChI is InChI=1S/C17H22BrNO4/c1-23-15-7-5-13(18)10-12(15)11-16(20)19-9-3-2-4-14(19)6-8-17(21)22/h5,7,10,14H,2-4,6,8-9,11H2,1H3,(H,21,22). The van der Waals surface area contributed by atoms with Gasteiger partial charge in [-0.3, -0.25) is 9.59 Å². The second kappa shape index (κ2) is 8.34. The minimum atomic E-state index is -0.809. The number of methoxy groups -OCH3 is 1. The molecule has 1 saturated heterocycles. The quantitative estimate of drug-likeness (QED) is 0.818. The van der Waals surface area contributed by atoms with E-state index in [-0.39, 0.29) is 24.8 Å². The van der Waals surface area contributed by atoms with Gasteiger partial charge in [-0.2, -0.15) is 0 Å². The van der Waals surface area contributed by atoms with Gasteiger partial charge in [-0.15, -0.1) is 0 Å². The molecule has 0 saturated carbocycles. The highest BCUT2D eigenvalue weighted by Gasteiger charge is 2.27. The van der Waals surface area contributed by atoms with Gasteiger partial charge in [0.15, 0.2) is 0 Å². The van der Waals surface area contributed by atoms with Gasteiger partial charge >= 0.3 is 5.97 Å². The molecule has 1 amide bonds. The van der Waals surface area contributed by atoms with Crippen molar-refractivity contribution < 1.29 is 19.4 Å². The molecule has 0 spiro atoms. The molecule has 1 aromatic rings. The van der Waals surface area contributed by atoms with E-state index in [0.29, 0.717) is 18.7 Å². The molecule has 1 aliphatic heterocycles. The topological polar surface area (TPSA) is 66.8 Å². The van der Waals surface area contributed by atoms with E-state index in [4.69, 9.17) is 9.84 Å². The monoisotopic (exact) mass is 383 g/mol. The lowest BCUT2D eigenvalue weighted by atomic mass is 9.97. The van der Waals surface area contributed by atoms with Gasteiger partial charge in [0.2, 0.25) is 5.91 Å². The summed E-state index contributed by atoms with van der Waals surface area (Å²) in [6.45, 7) is 0.708. The van der Waals surface area contributed by atoms with Crippen LogP contribution < -0.4 is 4.74 Å². The van der Waals surface area contributed by atoms with Crippen LogP contribution in [0.15, 0.2) is 22.7 Å². The molecule has 0 aliphatic carbocycles. The van der Waals surface area contributed by atoms with Crippen molar-refractivity contribution in [3.8, 4) is 5.75 Å². The Morgan fingerprint density at radius 3 is 2.87 bits per heavy atom. The molecular formula is C17H22BrNO4. The second-order valence-electron chi connectivity index (χ2n) is 5.80. The van der Waals surface area contributed by atoms with Crippen LogP contribution in [0.4, 0.5) is 0 Å². The first kappa shape index (κ1) is 17.8. The number of rotatable bonds is 6. The normalized spacial score (nSPS) is 17.8. The average Bonchev–Trinajstić information content (AvgIpc) is 2.53. The minimum Gasteiger partial charge on any atom is -0.496 e. The van der Waals surface area contributed by atoms with Gasteiger partial charge in [-0.05, 0) is 43.9 Å². The lowest BCUT2D eigenvalue weighted by Gasteiger charge is -2.36. The molecular weight excluding hydrogens is 362 g/mol. The summed E-state index contributed by atoms with van der Waals surface area (Å²) < 4.78 is 6.23. The Bertz CT molecular complexity index is 576. The Balaban J connectivity index is 2.08. The summed E-state index contributed by atoms with van der Waals surface area (Å²) in [5.41, 5.74) is 0.842.